The second-order valence-corrected chi connectivity index (χ2v) is 9.57. The fraction of sp³-hybridized carbons (Fsp3) is 0.185. The van der Waals surface area contributed by atoms with E-state index in [4.69, 9.17) is 0 Å². The van der Waals surface area contributed by atoms with Crippen molar-refractivity contribution in [1.82, 2.24) is 15.1 Å². The van der Waals surface area contributed by atoms with Crippen LogP contribution in [0.25, 0.3) is 22.0 Å². The van der Waals surface area contributed by atoms with E-state index in [9.17, 15) is 14.4 Å². The zero-order valence-corrected chi connectivity index (χ0v) is 21.7. The lowest BCUT2D eigenvalue weighted by Gasteiger charge is -2.17. The summed E-state index contributed by atoms with van der Waals surface area (Å²) in [5.74, 6) is -1.40. The van der Waals surface area contributed by atoms with E-state index in [1.54, 1.807) is 60.5 Å². The average Bonchev–Trinajstić information content (AvgIpc) is 3.47. The van der Waals surface area contributed by atoms with E-state index in [1.165, 1.54) is 17.8 Å². The quantitative estimate of drug-likeness (QED) is 0.361. The number of halogens is 2. The predicted octanol–water partition coefficient (Wildman–Crippen LogP) is 4.88. The molecule has 0 unspecified atom stereocenters. The van der Waals surface area contributed by atoms with Crippen LogP contribution >= 0.6 is 15.9 Å². The van der Waals surface area contributed by atoms with Crippen molar-refractivity contribution in [1.29, 1.82) is 0 Å². The number of amides is 3. The molecule has 0 bridgehead atoms. The molecule has 3 aromatic carbocycles. The number of benzene rings is 3. The highest BCUT2D eigenvalue weighted by Crippen LogP contribution is 2.37. The summed E-state index contributed by atoms with van der Waals surface area (Å²) in [6, 6.07) is 15.2. The first-order valence-corrected chi connectivity index (χ1v) is 12.5. The molecular formula is C27H23BrFN5O3. The van der Waals surface area contributed by atoms with Gasteiger partial charge in [0.05, 0.1) is 10.9 Å². The van der Waals surface area contributed by atoms with Gasteiger partial charge < -0.3 is 15.5 Å². The van der Waals surface area contributed by atoms with Crippen LogP contribution in [0.4, 0.5) is 15.8 Å². The number of nitrogens with zero attached hydrogens (tertiary/aromatic N) is 3. The van der Waals surface area contributed by atoms with Gasteiger partial charge in [-0.15, -0.1) is 0 Å². The van der Waals surface area contributed by atoms with E-state index in [1.807, 2.05) is 0 Å². The van der Waals surface area contributed by atoms with Crippen LogP contribution in [0.1, 0.15) is 33.7 Å². The first kappa shape index (κ1) is 24.6. The zero-order valence-electron chi connectivity index (χ0n) is 20.1. The lowest BCUT2D eigenvalue weighted by Crippen LogP contribution is -2.23. The molecule has 3 amide bonds. The van der Waals surface area contributed by atoms with Crippen LogP contribution in [-0.2, 0) is 11.8 Å². The number of aryl methyl sites for hydroxylation is 1. The normalized spacial score (nSPS) is 13.3. The lowest BCUT2D eigenvalue weighted by atomic mass is 10.0. The summed E-state index contributed by atoms with van der Waals surface area (Å²) in [5, 5.41) is 9.62. The Bertz CT molecular complexity index is 1580. The molecular weight excluding hydrogens is 541 g/mol. The van der Waals surface area contributed by atoms with Crippen LogP contribution in [-0.4, -0.2) is 41.1 Å². The molecule has 1 saturated heterocycles. The van der Waals surface area contributed by atoms with Gasteiger partial charge in [0.15, 0.2) is 5.69 Å². The maximum atomic E-state index is 16.0. The fourth-order valence-corrected chi connectivity index (χ4v) is 5.15. The highest BCUT2D eigenvalue weighted by molar-refractivity contribution is 9.10. The summed E-state index contributed by atoms with van der Waals surface area (Å²) in [6.45, 7) is 0.658. The lowest BCUT2D eigenvalue weighted by molar-refractivity contribution is -0.117. The Labute approximate surface area is 220 Å². The smallest absolute Gasteiger partial charge is 0.276 e. The van der Waals surface area contributed by atoms with Gasteiger partial charge in [-0.3, -0.25) is 19.1 Å². The van der Waals surface area contributed by atoms with Crippen molar-refractivity contribution in [2.75, 3.05) is 23.8 Å². The van der Waals surface area contributed by atoms with E-state index in [-0.39, 0.29) is 22.9 Å². The summed E-state index contributed by atoms with van der Waals surface area (Å²) >= 11 is 3.53. The molecule has 10 heteroatoms. The molecule has 188 valence electrons. The number of aromatic nitrogens is 2. The molecule has 37 heavy (non-hydrogen) atoms. The molecule has 5 rings (SSSR count). The van der Waals surface area contributed by atoms with Crippen LogP contribution in [0, 0.1) is 5.82 Å². The van der Waals surface area contributed by atoms with Crippen molar-refractivity contribution in [3.05, 3.63) is 76.1 Å². The first-order valence-electron chi connectivity index (χ1n) is 11.7. The number of carbonyl (C=O) groups excluding carboxylic acids is 3. The molecule has 0 spiro atoms. The van der Waals surface area contributed by atoms with E-state index in [2.05, 4.69) is 31.7 Å². The van der Waals surface area contributed by atoms with Crippen LogP contribution < -0.4 is 15.5 Å². The largest absolute Gasteiger partial charge is 0.355 e. The van der Waals surface area contributed by atoms with Gasteiger partial charge in [-0.2, -0.15) is 5.10 Å². The number of carbonyl (C=O) groups is 3. The van der Waals surface area contributed by atoms with Crippen molar-refractivity contribution in [3.8, 4) is 11.1 Å². The first-order chi connectivity index (χ1) is 17.8. The van der Waals surface area contributed by atoms with Crippen LogP contribution in [0.2, 0.25) is 0 Å². The number of fused-ring (bicyclic) bond motifs is 1. The van der Waals surface area contributed by atoms with E-state index >= 15 is 4.39 Å². The Morgan fingerprint density at radius 3 is 2.54 bits per heavy atom. The molecule has 1 fully saturated rings. The Kier molecular flexibility index (Phi) is 6.51. The third kappa shape index (κ3) is 4.48. The molecule has 2 N–H and O–H groups in total. The SMILES string of the molecule is CNC(=O)c1cccc(NC(=O)c2nn(C)c3ccc(-c4ccc(N5CCCC5=O)cc4Br)c(F)c23)c1. The minimum Gasteiger partial charge on any atom is -0.355 e. The molecule has 2 heterocycles. The van der Waals surface area contributed by atoms with Gasteiger partial charge in [0, 0.05) is 54.0 Å². The highest BCUT2D eigenvalue weighted by atomic mass is 79.9. The van der Waals surface area contributed by atoms with Crippen molar-refractivity contribution in [2.24, 2.45) is 7.05 Å². The highest BCUT2D eigenvalue weighted by Gasteiger charge is 2.25. The summed E-state index contributed by atoms with van der Waals surface area (Å²) in [4.78, 5) is 39.0. The van der Waals surface area contributed by atoms with Gasteiger partial charge in [-0.05, 0) is 54.4 Å². The Balaban J connectivity index is 1.52. The molecule has 0 atom stereocenters. The number of nitrogens with one attached hydrogen (secondary N) is 2. The predicted molar refractivity (Wildman–Crippen MR) is 143 cm³/mol. The van der Waals surface area contributed by atoms with Crippen molar-refractivity contribution < 1.29 is 18.8 Å². The maximum absolute atomic E-state index is 16.0. The molecule has 0 radical (unpaired) electrons. The minimum absolute atomic E-state index is 0.0686. The van der Waals surface area contributed by atoms with Crippen molar-refractivity contribution >= 4 is 55.9 Å². The Hall–Kier alpha value is -4.05. The summed E-state index contributed by atoms with van der Waals surface area (Å²) in [5.41, 5.74) is 2.78. The molecule has 1 aliphatic rings. The van der Waals surface area contributed by atoms with Crippen LogP contribution in [0.3, 0.4) is 0 Å². The minimum atomic E-state index is -0.599. The fourth-order valence-electron chi connectivity index (χ4n) is 4.57. The van der Waals surface area contributed by atoms with E-state index < -0.39 is 11.7 Å². The van der Waals surface area contributed by atoms with Gasteiger partial charge in [0.25, 0.3) is 11.8 Å². The van der Waals surface area contributed by atoms with Crippen LogP contribution in [0.5, 0.6) is 0 Å². The van der Waals surface area contributed by atoms with Crippen LogP contribution in [0.15, 0.2) is 59.1 Å². The monoisotopic (exact) mass is 563 g/mol. The standard InChI is InChI=1S/C27H23BrFN5O3/c1-30-26(36)15-5-3-6-16(13-15)31-27(37)25-23-21(33(2)32-25)11-10-19(24(23)29)18-9-8-17(14-20(18)28)34-12-4-7-22(34)35/h3,5-6,8-11,13-14H,4,7,12H2,1-2H3,(H,30,36)(H,31,37). The maximum Gasteiger partial charge on any atom is 0.276 e. The van der Waals surface area contributed by atoms with Gasteiger partial charge in [-0.25, -0.2) is 4.39 Å². The summed E-state index contributed by atoms with van der Waals surface area (Å²) < 4.78 is 18.1. The summed E-state index contributed by atoms with van der Waals surface area (Å²) in [6.07, 6.45) is 1.33. The molecule has 4 aromatic rings. The molecule has 0 saturated carbocycles. The number of hydrogen-bond donors (Lipinski definition) is 2. The van der Waals surface area contributed by atoms with Crippen molar-refractivity contribution in [3.63, 3.8) is 0 Å². The second kappa shape index (κ2) is 9.78. The van der Waals surface area contributed by atoms with Gasteiger partial charge >= 0.3 is 0 Å². The Morgan fingerprint density at radius 2 is 1.84 bits per heavy atom. The van der Waals surface area contributed by atoms with Gasteiger partial charge in [0.1, 0.15) is 5.82 Å². The molecule has 1 aliphatic heterocycles. The van der Waals surface area contributed by atoms with E-state index in [0.717, 1.165) is 12.1 Å². The molecule has 0 aliphatic carbocycles. The van der Waals surface area contributed by atoms with Gasteiger partial charge in [-0.1, -0.05) is 28.1 Å². The summed E-state index contributed by atoms with van der Waals surface area (Å²) in [7, 11) is 3.16. The third-order valence-electron chi connectivity index (χ3n) is 6.41. The molecule has 1 aromatic heterocycles. The average molecular weight is 564 g/mol. The van der Waals surface area contributed by atoms with Crippen molar-refractivity contribution in [2.45, 2.75) is 12.8 Å². The zero-order chi connectivity index (χ0) is 26.3. The Morgan fingerprint density at radius 1 is 1.05 bits per heavy atom. The number of hydrogen-bond acceptors (Lipinski definition) is 4. The molecule has 8 nitrogen and oxygen atoms in total. The number of rotatable bonds is 5. The topological polar surface area (TPSA) is 96.3 Å². The third-order valence-corrected chi connectivity index (χ3v) is 7.06. The van der Waals surface area contributed by atoms with Gasteiger partial charge in [0.2, 0.25) is 5.91 Å². The second-order valence-electron chi connectivity index (χ2n) is 8.72. The van der Waals surface area contributed by atoms with E-state index in [0.29, 0.717) is 45.3 Å². The number of anilines is 2.